The van der Waals surface area contributed by atoms with E-state index in [2.05, 4.69) is 5.32 Å². The van der Waals surface area contributed by atoms with Gasteiger partial charge in [0.25, 0.3) is 0 Å². The van der Waals surface area contributed by atoms with Crippen molar-refractivity contribution in [2.75, 3.05) is 13.2 Å². The summed E-state index contributed by atoms with van der Waals surface area (Å²) in [5.41, 5.74) is 0. The summed E-state index contributed by atoms with van der Waals surface area (Å²) in [6, 6.07) is 0.181. The molecule has 0 unspecified atom stereocenters. The summed E-state index contributed by atoms with van der Waals surface area (Å²) in [5, 5.41) is 3.03. The largest absolute Gasteiger partial charge is 0.311 e. The quantitative estimate of drug-likeness (QED) is 0.515. The molecule has 1 saturated heterocycles. The minimum Gasteiger partial charge on any atom is -0.311 e. The van der Waals surface area contributed by atoms with Gasteiger partial charge in [0.2, 0.25) is 0 Å². The van der Waals surface area contributed by atoms with E-state index in [1.54, 1.807) is 0 Å². The van der Waals surface area contributed by atoms with Crippen molar-refractivity contribution in [2.45, 2.75) is 18.9 Å². The van der Waals surface area contributed by atoms with E-state index < -0.39 is 0 Å². The van der Waals surface area contributed by atoms with E-state index in [-0.39, 0.29) is 12.7 Å². The van der Waals surface area contributed by atoms with E-state index in [4.69, 9.17) is 0 Å². The second-order valence-corrected chi connectivity index (χ2v) is 1.95. The number of halogens is 1. The van der Waals surface area contributed by atoms with Crippen LogP contribution in [0.15, 0.2) is 0 Å². The van der Waals surface area contributed by atoms with Crippen LogP contribution in [0.3, 0.4) is 0 Å². The molecule has 0 spiro atoms. The molecule has 0 aromatic rings. The lowest BCUT2D eigenvalue weighted by Crippen LogP contribution is -2.22. The summed E-state index contributed by atoms with van der Waals surface area (Å²) < 4.78 is 11.6. The SMILES string of the molecule is FC[C@@H]1CCCN1. The molecule has 1 aliphatic rings. The lowest BCUT2D eigenvalue weighted by molar-refractivity contribution is 0.406. The van der Waals surface area contributed by atoms with E-state index in [9.17, 15) is 4.39 Å². The Balaban J connectivity index is 2.14. The van der Waals surface area contributed by atoms with Crippen LogP contribution in [-0.2, 0) is 0 Å². The minimum absolute atomic E-state index is 0.181. The molecule has 1 aliphatic heterocycles. The van der Waals surface area contributed by atoms with E-state index in [1.807, 2.05) is 0 Å². The van der Waals surface area contributed by atoms with E-state index in [0.717, 1.165) is 19.4 Å². The molecule has 1 nitrogen and oxygen atoms in total. The molecule has 0 aliphatic carbocycles. The first-order chi connectivity index (χ1) is 3.43. The van der Waals surface area contributed by atoms with Crippen molar-refractivity contribution in [3.05, 3.63) is 0 Å². The highest BCUT2D eigenvalue weighted by Crippen LogP contribution is 2.03. The molecule has 1 fully saturated rings. The topological polar surface area (TPSA) is 12.0 Å². The maximum Gasteiger partial charge on any atom is 0.105 e. The molecular weight excluding hydrogens is 93.1 g/mol. The van der Waals surface area contributed by atoms with Gasteiger partial charge in [-0.25, -0.2) is 4.39 Å². The van der Waals surface area contributed by atoms with Gasteiger partial charge in [0, 0.05) is 6.04 Å². The number of nitrogens with one attached hydrogen (secondary N) is 1. The summed E-state index contributed by atoms with van der Waals surface area (Å²) >= 11 is 0. The number of alkyl halides is 1. The van der Waals surface area contributed by atoms with E-state index in [0.29, 0.717) is 0 Å². The third-order valence-corrected chi connectivity index (χ3v) is 1.35. The van der Waals surface area contributed by atoms with Gasteiger partial charge in [0.1, 0.15) is 6.67 Å². The first kappa shape index (κ1) is 5.04. The van der Waals surface area contributed by atoms with Crippen molar-refractivity contribution >= 4 is 0 Å². The van der Waals surface area contributed by atoms with Gasteiger partial charge in [-0.15, -0.1) is 0 Å². The minimum atomic E-state index is -0.194. The van der Waals surface area contributed by atoms with E-state index in [1.165, 1.54) is 0 Å². The Morgan fingerprint density at radius 2 is 2.57 bits per heavy atom. The third kappa shape index (κ3) is 1.13. The first-order valence-electron chi connectivity index (χ1n) is 2.73. The maximum absolute atomic E-state index is 11.6. The molecule has 1 N–H and O–H groups in total. The number of hydrogen-bond donors (Lipinski definition) is 1. The Hall–Kier alpha value is -0.110. The molecule has 1 heterocycles. The van der Waals surface area contributed by atoms with Crippen LogP contribution in [0.4, 0.5) is 4.39 Å². The molecule has 0 aromatic heterocycles. The van der Waals surface area contributed by atoms with Crippen LogP contribution < -0.4 is 5.32 Å². The second kappa shape index (κ2) is 2.26. The fourth-order valence-corrected chi connectivity index (χ4v) is 0.888. The number of hydrogen-bond acceptors (Lipinski definition) is 1. The van der Waals surface area contributed by atoms with Crippen molar-refractivity contribution in [2.24, 2.45) is 0 Å². The Kier molecular flexibility index (Phi) is 1.63. The second-order valence-electron chi connectivity index (χ2n) is 1.95. The maximum atomic E-state index is 11.6. The Morgan fingerprint density at radius 1 is 1.71 bits per heavy atom. The summed E-state index contributed by atoms with van der Waals surface area (Å²) in [6.45, 7) is 0.814. The molecule has 0 amide bonds. The van der Waals surface area contributed by atoms with Crippen molar-refractivity contribution in [3.63, 3.8) is 0 Å². The molecule has 0 bridgehead atoms. The molecule has 42 valence electrons. The molecule has 0 saturated carbocycles. The number of rotatable bonds is 1. The monoisotopic (exact) mass is 103 g/mol. The molecule has 1 atom stereocenters. The zero-order chi connectivity index (χ0) is 5.11. The lowest BCUT2D eigenvalue weighted by atomic mass is 10.2. The predicted molar refractivity (Wildman–Crippen MR) is 27.0 cm³/mol. The molecule has 0 radical (unpaired) electrons. The lowest BCUT2D eigenvalue weighted by Gasteiger charge is -1.99. The highest BCUT2D eigenvalue weighted by atomic mass is 19.1. The summed E-state index contributed by atoms with van der Waals surface area (Å²) in [7, 11) is 0. The standard InChI is InChI=1S/C5H10FN/c6-4-5-2-1-3-7-5/h5,7H,1-4H2/t5-/m0/s1. The average molecular weight is 103 g/mol. The van der Waals surface area contributed by atoms with Crippen LogP contribution in [0.1, 0.15) is 12.8 Å². The Bertz CT molecular complexity index is 50.0. The van der Waals surface area contributed by atoms with Gasteiger partial charge in [0.15, 0.2) is 0 Å². The third-order valence-electron chi connectivity index (χ3n) is 1.35. The predicted octanol–water partition coefficient (Wildman–Crippen LogP) is 0.708. The van der Waals surface area contributed by atoms with E-state index >= 15 is 0 Å². The molecule has 2 heteroatoms. The molecule has 1 rings (SSSR count). The summed E-state index contributed by atoms with van der Waals surface area (Å²) in [6.07, 6.45) is 2.17. The zero-order valence-corrected chi connectivity index (χ0v) is 4.28. The molecule has 7 heavy (non-hydrogen) atoms. The van der Waals surface area contributed by atoms with Crippen LogP contribution in [0.5, 0.6) is 0 Å². The smallest absolute Gasteiger partial charge is 0.105 e. The summed E-state index contributed by atoms with van der Waals surface area (Å²) in [5.74, 6) is 0. The van der Waals surface area contributed by atoms with Gasteiger partial charge in [-0.3, -0.25) is 0 Å². The highest BCUT2D eigenvalue weighted by Gasteiger charge is 2.11. The van der Waals surface area contributed by atoms with Gasteiger partial charge in [-0.05, 0) is 19.4 Å². The highest BCUT2D eigenvalue weighted by molar-refractivity contribution is 4.72. The Labute approximate surface area is 42.9 Å². The normalized spacial score (nSPS) is 31.3. The summed E-state index contributed by atoms with van der Waals surface area (Å²) in [4.78, 5) is 0. The van der Waals surface area contributed by atoms with Crippen molar-refractivity contribution in [3.8, 4) is 0 Å². The molecule has 0 aromatic carbocycles. The van der Waals surface area contributed by atoms with Gasteiger partial charge in [-0.1, -0.05) is 0 Å². The zero-order valence-electron chi connectivity index (χ0n) is 4.28. The fraction of sp³-hybridized carbons (Fsp3) is 1.00. The van der Waals surface area contributed by atoms with Crippen molar-refractivity contribution < 1.29 is 4.39 Å². The van der Waals surface area contributed by atoms with Gasteiger partial charge < -0.3 is 5.32 Å². The van der Waals surface area contributed by atoms with Crippen LogP contribution in [0.2, 0.25) is 0 Å². The van der Waals surface area contributed by atoms with Crippen LogP contribution in [0, 0.1) is 0 Å². The van der Waals surface area contributed by atoms with Crippen LogP contribution in [-0.4, -0.2) is 19.3 Å². The van der Waals surface area contributed by atoms with Gasteiger partial charge in [-0.2, -0.15) is 0 Å². The first-order valence-corrected chi connectivity index (χ1v) is 2.73. The molecular formula is C5H10FN. The van der Waals surface area contributed by atoms with Gasteiger partial charge >= 0.3 is 0 Å². The van der Waals surface area contributed by atoms with Crippen LogP contribution in [0.25, 0.3) is 0 Å². The van der Waals surface area contributed by atoms with Gasteiger partial charge in [0.05, 0.1) is 0 Å². The van der Waals surface area contributed by atoms with Crippen LogP contribution >= 0.6 is 0 Å². The Morgan fingerprint density at radius 3 is 2.86 bits per heavy atom. The van der Waals surface area contributed by atoms with Crippen molar-refractivity contribution in [1.82, 2.24) is 5.32 Å². The van der Waals surface area contributed by atoms with Crippen molar-refractivity contribution in [1.29, 1.82) is 0 Å². The fourth-order valence-electron chi connectivity index (χ4n) is 0.888. The average Bonchev–Trinajstić information content (AvgIpc) is 2.14.